The number of nitrogens with two attached hydrogens (primary N) is 3. The molecule has 0 bridgehead atoms. The lowest BCUT2D eigenvalue weighted by atomic mass is 9.96. The molecule has 1 aliphatic heterocycles. The average Bonchev–Trinajstić information content (AvgIpc) is 3.19. The first kappa shape index (κ1) is 26.4. The van der Waals surface area contributed by atoms with E-state index in [-0.39, 0.29) is 16.9 Å². The number of amides is 1. The van der Waals surface area contributed by atoms with Gasteiger partial charge in [0.1, 0.15) is 11.6 Å². The maximum atomic E-state index is 14.1. The molecule has 2 aromatic rings. The van der Waals surface area contributed by atoms with Gasteiger partial charge in [0.15, 0.2) is 5.78 Å². The molecule has 6 nitrogen and oxygen atoms in total. The lowest BCUT2D eigenvalue weighted by Crippen LogP contribution is -2.21. The molecule has 0 fully saturated rings. The smallest absolute Gasteiger partial charge is 0.225 e. The van der Waals surface area contributed by atoms with Crippen LogP contribution in [0.1, 0.15) is 42.3 Å². The summed E-state index contributed by atoms with van der Waals surface area (Å²) >= 11 is 1.19. The van der Waals surface area contributed by atoms with E-state index >= 15 is 0 Å². The molecule has 1 unspecified atom stereocenters. The second-order valence-corrected chi connectivity index (χ2v) is 8.21. The maximum absolute atomic E-state index is 14.1. The number of aliphatic hydroxyl groups is 1. The minimum atomic E-state index is -1.33. The summed E-state index contributed by atoms with van der Waals surface area (Å²) in [5, 5.41) is 9.79. The first-order valence-electron chi connectivity index (χ1n) is 9.26. The quantitative estimate of drug-likeness (QED) is 0.321. The van der Waals surface area contributed by atoms with Crippen LogP contribution in [0.5, 0.6) is 0 Å². The molecule has 3 rings (SSSR count). The summed E-state index contributed by atoms with van der Waals surface area (Å²) in [4.78, 5) is 22.1. The standard InChI is InChI=1S/C14H15F2NO2S.C8H8O.H4N2/c1-14(2,19)8-4-9(15)12(10(16)5-8)11-3-7(6-20-11)13(17)18;1-7(9)8-5-3-2-4-6-8;1-2/h3-5,7,19H,6H2,1-2H3,(H2,17,18);2-6H,1H3;1-2H2. The Bertz CT molecular complexity index is 922. The second kappa shape index (κ2) is 11.7. The van der Waals surface area contributed by atoms with Crippen LogP contribution in [0.25, 0.3) is 4.91 Å². The van der Waals surface area contributed by atoms with Gasteiger partial charge in [-0.3, -0.25) is 21.3 Å². The van der Waals surface area contributed by atoms with E-state index in [4.69, 9.17) is 5.73 Å². The van der Waals surface area contributed by atoms with Crippen LogP contribution in [-0.4, -0.2) is 22.5 Å². The number of benzene rings is 2. The molecule has 31 heavy (non-hydrogen) atoms. The van der Waals surface area contributed by atoms with Crippen molar-refractivity contribution in [3.63, 3.8) is 0 Å². The fraction of sp³-hybridized carbons (Fsp3) is 0.273. The van der Waals surface area contributed by atoms with E-state index in [2.05, 4.69) is 11.7 Å². The van der Waals surface area contributed by atoms with Gasteiger partial charge in [0.25, 0.3) is 0 Å². The molecular formula is C22H27F2N3O3S. The van der Waals surface area contributed by atoms with Crippen LogP contribution in [0.4, 0.5) is 8.78 Å². The zero-order valence-corrected chi connectivity index (χ0v) is 18.4. The normalized spacial score (nSPS) is 15.1. The van der Waals surface area contributed by atoms with Gasteiger partial charge in [0.2, 0.25) is 5.91 Å². The van der Waals surface area contributed by atoms with Gasteiger partial charge in [-0.05, 0) is 38.5 Å². The summed E-state index contributed by atoms with van der Waals surface area (Å²) in [5.74, 6) is 5.97. The molecule has 1 aliphatic rings. The van der Waals surface area contributed by atoms with Crippen LogP contribution in [0.2, 0.25) is 0 Å². The highest BCUT2D eigenvalue weighted by Gasteiger charge is 2.27. The van der Waals surface area contributed by atoms with Crippen molar-refractivity contribution in [1.82, 2.24) is 0 Å². The number of halogens is 2. The predicted octanol–water partition coefficient (Wildman–Crippen LogP) is 3.09. The first-order valence-corrected chi connectivity index (χ1v) is 10.2. The third-order valence-corrected chi connectivity index (χ3v) is 5.49. The Balaban J connectivity index is 0.000000365. The van der Waals surface area contributed by atoms with Crippen LogP contribution < -0.4 is 17.4 Å². The summed E-state index contributed by atoms with van der Waals surface area (Å²) in [7, 11) is 0. The number of carbonyl (C=O) groups excluding carboxylic acids is 2. The lowest BCUT2D eigenvalue weighted by Gasteiger charge is -2.19. The fourth-order valence-electron chi connectivity index (χ4n) is 2.61. The van der Waals surface area contributed by atoms with Crippen LogP contribution in [0.15, 0.2) is 48.5 Å². The molecule has 0 saturated carbocycles. The van der Waals surface area contributed by atoms with E-state index < -0.39 is 29.1 Å². The van der Waals surface area contributed by atoms with Gasteiger partial charge in [0, 0.05) is 16.2 Å². The number of carbonyl (C=O) groups is 2. The van der Waals surface area contributed by atoms with Crippen molar-refractivity contribution in [2.24, 2.45) is 23.3 Å². The van der Waals surface area contributed by atoms with E-state index in [1.807, 2.05) is 30.3 Å². The second-order valence-electron chi connectivity index (χ2n) is 7.15. The molecule has 7 N–H and O–H groups in total. The number of rotatable bonds is 4. The Kier molecular flexibility index (Phi) is 9.99. The topological polar surface area (TPSA) is 132 Å². The summed E-state index contributed by atoms with van der Waals surface area (Å²) in [6.45, 7) is 4.47. The summed E-state index contributed by atoms with van der Waals surface area (Å²) in [5.41, 5.74) is 4.61. The Hall–Kier alpha value is -2.59. The summed E-state index contributed by atoms with van der Waals surface area (Å²) in [6.07, 6.45) is 1.48. The molecule has 2 aromatic carbocycles. The lowest BCUT2D eigenvalue weighted by molar-refractivity contribution is -0.119. The van der Waals surface area contributed by atoms with Crippen molar-refractivity contribution in [3.8, 4) is 0 Å². The van der Waals surface area contributed by atoms with Gasteiger partial charge >= 0.3 is 0 Å². The van der Waals surface area contributed by atoms with E-state index in [1.165, 1.54) is 31.7 Å². The molecule has 168 valence electrons. The van der Waals surface area contributed by atoms with Gasteiger partial charge in [-0.2, -0.15) is 0 Å². The number of hydrogen-bond acceptors (Lipinski definition) is 6. The molecule has 1 amide bonds. The Morgan fingerprint density at radius 1 is 1.10 bits per heavy atom. The first-order chi connectivity index (χ1) is 14.5. The van der Waals surface area contributed by atoms with Crippen molar-refractivity contribution in [2.45, 2.75) is 26.4 Å². The number of hydrazine groups is 1. The van der Waals surface area contributed by atoms with Crippen LogP contribution in [0.3, 0.4) is 0 Å². The molecule has 0 spiro atoms. The van der Waals surface area contributed by atoms with Gasteiger partial charge in [-0.25, -0.2) is 8.78 Å². The zero-order chi connectivity index (χ0) is 23.8. The number of Topliss-reactive ketones (excluding diaryl/α,β-unsaturated/α-hetero) is 1. The molecule has 0 aromatic heterocycles. The minimum absolute atomic E-state index is 0.121. The Labute approximate surface area is 184 Å². The van der Waals surface area contributed by atoms with Crippen molar-refractivity contribution in [3.05, 3.63) is 76.9 Å². The molecule has 0 aliphatic carbocycles. The highest BCUT2D eigenvalue weighted by atomic mass is 32.2. The van der Waals surface area contributed by atoms with E-state index in [0.29, 0.717) is 10.7 Å². The van der Waals surface area contributed by atoms with Gasteiger partial charge < -0.3 is 10.8 Å². The fourth-order valence-corrected chi connectivity index (χ4v) is 3.83. The van der Waals surface area contributed by atoms with Crippen molar-refractivity contribution in [2.75, 3.05) is 5.75 Å². The number of thioether (sulfide) groups is 1. The summed E-state index contributed by atoms with van der Waals surface area (Å²) in [6, 6.07) is 11.4. The van der Waals surface area contributed by atoms with Gasteiger partial charge in [0.05, 0.1) is 17.1 Å². The van der Waals surface area contributed by atoms with Gasteiger partial charge in [-0.1, -0.05) is 36.4 Å². The highest BCUT2D eigenvalue weighted by Crippen LogP contribution is 2.40. The molecule has 1 atom stereocenters. The highest BCUT2D eigenvalue weighted by molar-refractivity contribution is 8.08. The van der Waals surface area contributed by atoms with Crippen LogP contribution in [-0.2, 0) is 10.4 Å². The van der Waals surface area contributed by atoms with E-state index in [1.54, 1.807) is 6.92 Å². The largest absolute Gasteiger partial charge is 0.386 e. The van der Waals surface area contributed by atoms with Gasteiger partial charge in [-0.15, -0.1) is 11.8 Å². The van der Waals surface area contributed by atoms with Crippen LogP contribution >= 0.6 is 11.8 Å². The van der Waals surface area contributed by atoms with Crippen LogP contribution in [0, 0.1) is 17.6 Å². The zero-order valence-electron chi connectivity index (χ0n) is 17.6. The third-order valence-electron chi connectivity index (χ3n) is 4.31. The summed E-state index contributed by atoms with van der Waals surface area (Å²) < 4.78 is 28.2. The molecule has 1 heterocycles. The Morgan fingerprint density at radius 2 is 1.61 bits per heavy atom. The van der Waals surface area contributed by atoms with Crippen molar-refractivity contribution >= 4 is 28.4 Å². The monoisotopic (exact) mass is 451 g/mol. The number of primary amides is 1. The SMILES string of the molecule is CC(=O)c1ccccc1.CC(C)(O)c1cc(F)c(C2=CC(C(N)=O)CS2)c(F)c1.NN. The average molecular weight is 452 g/mol. The third kappa shape index (κ3) is 7.55. The van der Waals surface area contributed by atoms with Crippen molar-refractivity contribution < 1.29 is 23.5 Å². The molecule has 0 radical (unpaired) electrons. The van der Waals surface area contributed by atoms with Crippen molar-refractivity contribution in [1.29, 1.82) is 0 Å². The van der Waals surface area contributed by atoms with E-state index in [9.17, 15) is 23.5 Å². The maximum Gasteiger partial charge on any atom is 0.225 e. The molecular weight excluding hydrogens is 424 g/mol. The Morgan fingerprint density at radius 3 is 1.97 bits per heavy atom. The molecule has 9 heteroatoms. The minimum Gasteiger partial charge on any atom is -0.386 e. The van der Waals surface area contributed by atoms with E-state index in [0.717, 1.165) is 17.7 Å². The molecule has 0 saturated heterocycles. The predicted molar refractivity (Wildman–Crippen MR) is 120 cm³/mol. The number of hydrogen-bond donors (Lipinski definition) is 4. The number of ketones is 1.